The summed E-state index contributed by atoms with van der Waals surface area (Å²) in [5.41, 5.74) is -0.302. The quantitative estimate of drug-likeness (QED) is 0.860. The van der Waals surface area contributed by atoms with Crippen LogP contribution in [0.5, 0.6) is 0 Å². The average molecular weight is 304 g/mol. The maximum Gasteiger partial charge on any atom is 0.254 e. The summed E-state index contributed by atoms with van der Waals surface area (Å²) in [5, 5.41) is 7.63. The van der Waals surface area contributed by atoms with Gasteiger partial charge in [0, 0.05) is 11.8 Å². The lowest BCUT2D eigenvalue weighted by Crippen LogP contribution is -2.35. The van der Waals surface area contributed by atoms with Crippen molar-refractivity contribution < 1.29 is 17.6 Å². The molecule has 0 saturated carbocycles. The van der Waals surface area contributed by atoms with Gasteiger partial charge in [0.1, 0.15) is 5.82 Å². The van der Waals surface area contributed by atoms with Crippen LogP contribution in [-0.4, -0.2) is 31.9 Å². The van der Waals surface area contributed by atoms with Crippen LogP contribution in [0, 0.1) is 5.82 Å². The minimum atomic E-state index is -3.95. The summed E-state index contributed by atoms with van der Waals surface area (Å²) in [4.78, 5) is 11.6. The highest BCUT2D eigenvalue weighted by Gasteiger charge is 2.21. The summed E-state index contributed by atoms with van der Waals surface area (Å²) < 4.78 is 35.9. The van der Waals surface area contributed by atoms with Crippen LogP contribution < -0.4 is 10.5 Å². The van der Waals surface area contributed by atoms with Gasteiger partial charge in [-0.05, 0) is 30.4 Å². The Morgan fingerprint density at radius 3 is 2.79 bits per heavy atom. The van der Waals surface area contributed by atoms with Crippen molar-refractivity contribution in [3.8, 4) is 0 Å². The van der Waals surface area contributed by atoms with Gasteiger partial charge in [-0.15, -0.1) is 0 Å². The summed E-state index contributed by atoms with van der Waals surface area (Å²) in [6.45, 7) is 0. The van der Waals surface area contributed by atoms with Crippen molar-refractivity contribution in [2.45, 2.75) is 17.4 Å². The fourth-order valence-electron chi connectivity index (χ4n) is 1.77. The van der Waals surface area contributed by atoms with Gasteiger partial charge in [0.05, 0.1) is 10.5 Å². The van der Waals surface area contributed by atoms with E-state index >= 15 is 0 Å². The molecule has 0 spiro atoms. The van der Waals surface area contributed by atoms with Crippen LogP contribution in [0.25, 0.3) is 0 Å². The standard InChI is InChI=1S/C11H13FN2O3S2/c12-10-2-1-8(19(13,16)17)5-9(10)11(15)14-7-3-4-18-6-7/h1-2,5,7H,3-4,6H2,(H,14,15)(H2,13,16,17)/t7-/m0/s1. The van der Waals surface area contributed by atoms with E-state index in [1.54, 1.807) is 11.8 Å². The molecule has 1 aromatic carbocycles. The number of carbonyl (C=O) groups excluding carboxylic acids is 1. The fraction of sp³-hybridized carbons (Fsp3) is 0.364. The third kappa shape index (κ3) is 3.46. The molecular formula is C11H13FN2O3S2. The molecule has 1 fully saturated rings. The molecule has 1 atom stereocenters. The van der Waals surface area contributed by atoms with Gasteiger partial charge in [0.25, 0.3) is 5.91 Å². The minimum absolute atomic E-state index is 0.00459. The van der Waals surface area contributed by atoms with Crippen molar-refractivity contribution in [3.63, 3.8) is 0 Å². The van der Waals surface area contributed by atoms with E-state index in [1.807, 2.05) is 0 Å². The Morgan fingerprint density at radius 1 is 1.47 bits per heavy atom. The van der Waals surface area contributed by atoms with Gasteiger partial charge in [-0.1, -0.05) is 0 Å². The summed E-state index contributed by atoms with van der Waals surface area (Å²) in [6, 6.07) is 2.92. The number of thioether (sulfide) groups is 1. The molecule has 19 heavy (non-hydrogen) atoms. The topological polar surface area (TPSA) is 89.3 Å². The molecule has 5 nitrogen and oxygen atoms in total. The Bertz CT molecular complexity index is 598. The smallest absolute Gasteiger partial charge is 0.254 e. The Labute approximate surface area is 114 Å². The summed E-state index contributed by atoms with van der Waals surface area (Å²) >= 11 is 1.71. The van der Waals surface area contributed by atoms with E-state index in [9.17, 15) is 17.6 Å². The maximum absolute atomic E-state index is 13.6. The zero-order valence-corrected chi connectivity index (χ0v) is 11.6. The first-order valence-electron chi connectivity index (χ1n) is 5.59. The first-order chi connectivity index (χ1) is 8.88. The predicted octanol–water partition coefficient (Wildman–Crippen LogP) is 0.708. The second-order valence-electron chi connectivity index (χ2n) is 4.22. The number of carbonyl (C=O) groups is 1. The number of hydrogen-bond acceptors (Lipinski definition) is 4. The van der Waals surface area contributed by atoms with Crippen molar-refractivity contribution in [2.24, 2.45) is 5.14 Å². The molecular weight excluding hydrogens is 291 g/mol. The molecule has 2 rings (SSSR count). The highest BCUT2D eigenvalue weighted by molar-refractivity contribution is 7.99. The van der Waals surface area contributed by atoms with Crippen LogP contribution in [0.4, 0.5) is 4.39 Å². The first-order valence-corrected chi connectivity index (χ1v) is 8.29. The summed E-state index contributed by atoms with van der Waals surface area (Å²) in [7, 11) is -3.95. The van der Waals surface area contributed by atoms with E-state index in [0.29, 0.717) is 0 Å². The molecule has 1 aromatic rings. The molecule has 104 valence electrons. The van der Waals surface area contributed by atoms with Gasteiger partial charge in [0.15, 0.2) is 0 Å². The highest BCUT2D eigenvalue weighted by atomic mass is 32.2. The zero-order valence-electron chi connectivity index (χ0n) is 9.93. The molecule has 1 aliphatic rings. The van der Waals surface area contributed by atoms with Gasteiger partial charge in [-0.25, -0.2) is 17.9 Å². The number of hydrogen-bond donors (Lipinski definition) is 2. The van der Waals surface area contributed by atoms with Gasteiger partial charge in [-0.3, -0.25) is 4.79 Å². The van der Waals surface area contributed by atoms with Crippen molar-refractivity contribution in [1.82, 2.24) is 5.32 Å². The van der Waals surface area contributed by atoms with Crippen LogP contribution in [0.3, 0.4) is 0 Å². The minimum Gasteiger partial charge on any atom is -0.348 e. The van der Waals surface area contributed by atoms with Crippen LogP contribution in [0.1, 0.15) is 16.8 Å². The lowest BCUT2D eigenvalue weighted by Gasteiger charge is -2.12. The molecule has 0 bridgehead atoms. The van der Waals surface area contributed by atoms with E-state index < -0.39 is 21.7 Å². The van der Waals surface area contributed by atoms with Crippen LogP contribution in [-0.2, 0) is 10.0 Å². The predicted molar refractivity (Wildman–Crippen MR) is 71.0 cm³/mol. The summed E-state index contributed by atoms with van der Waals surface area (Å²) in [5.74, 6) is 0.346. The number of rotatable bonds is 3. The lowest BCUT2D eigenvalue weighted by molar-refractivity contribution is 0.0937. The lowest BCUT2D eigenvalue weighted by atomic mass is 10.1. The molecule has 1 saturated heterocycles. The van der Waals surface area contributed by atoms with Gasteiger partial charge < -0.3 is 5.32 Å². The van der Waals surface area contributed by atoms with E-state index in [2.05, 4.69) is 5.32 Å². The number of primary sulfonamides is 1. The maximum atomic E-state index is 13.6. The largest absolute Gasteiger partial charge is 0.348 e. The van der Waals surface area contributed by atoms with E-state index in [4.69, 9.17) is 5.14 Å². The zero-order chi connectivity index (χ0) is 14.0. The number of halogens is 1. The monoisotopic (exact) mass is 304 g/mol. The average Bonchev–Trinajstić information content (AvgIpc) is 2.80. The van der Waals surface area contributed by atoms with Crippen LogP contribution in [0.2, 0.25) is 0 Å². The van der Waals surface area contributed by atoms with Crippen molar-refractivity contribution in [3.05, 3.63) is 29.6 Å². The van der Waals surface area contributed by atoms with E-state index in [-0.39, 0.29) is 16.5 Å². The molecule has 0 aliphatic carbocycles. The van der Waals surface area contributed by atoms with Gasteiger partial charge in [0.2, 0.25) is 10.0 Å². The van der Waals surface area contributed by atoms with E-state index in [0.717, 1.165) is 36.1 Å². The summed E-state index contributed by atoms with van der Waals surface area (Å²) in [6.07, 6.45) is 0.826. The van der Waals surface area contributed by atoms with Crippen molar-refractivity contribution >= 4 is 27.7 Å². The number of nitrogens with one attached hydrogen (secondary N) is 1. The van der Waals surface area contributed by atoms with Crippen LogP contribution in [0.15, 0.2) is 23.1 Å². The third-order valence-electron chi connectivity index (χ3n) is 2.78. The molecule has 1 amide bonds. The SMILES string of the molecule is NS(=O)(=O)c1ccc(F)c(C(=O)N[C@H]2CCSC2)c1. The Hall–Kier alpha value is -1.12. The van der Waals surface area contributed by atoms with Crippen LogP contribution >= 0.6 is 11.8 Å². The molecule has 0 unspecified atom stereocenters. The Kier molecular flexibility index (Phi) is 4.12. The third-order valence-corrected chi connectivity index (χ3v) is 4.85. The van der Waals surface area contributed by atoms with Crippen molar-refractivity contribution in [1.29, 1.82) is 0 Å². The Morgan fingerprint density at radius 2 is 2.21 bits per heavy atom. The fourth-order valence-corrected chi connectivity index (χ4v) is 3.46. The molecule has 1 heterocycles. The highest BCUT2D eigenvalue weighted by Crippen LogP contribution is 2.19. The van der Waals surface area contributed by atoms with Gasteiger partial charge >= 0.3 is 0 Å². The Balaban J connectivity index is 2.25. The van der Waals surface area contributed by atoms with E-state index in [1.165, 1.54) is 0 Å². The second-order valence-corrected chi connectivity index (χ2v) is 6.93. The number of benzene rings is 1. The number of nitrogens with two attached hydrogens (primary N) is 1. The molecule has 0 aromatic heterocycles. The number of sulfonamides is 1. The first kappa shape index (κ1) is 14.3. The van der Waals surface area contributed by atoms with Crippen molar-refractivity contribution in [2.75, 3.05) is 11.5 Å². The molecule has 8 heteroatoms. The second kappa shape index (κ2) is 5.48. The van der Waals surface area contributed by atoms with Gasteiger partial charge in [-0.2, -0.15) is 11.8 Å². The normalized spacial score (nSPS) is 19.4. The molecule has 1 aliphatic heterocycles. The molecule has 3 N–H and O–H groups in total. The number of amides is 1. The molecule has 0 radical (unpaired) electrons.